The van der Waals surface area contributed by atoms with Crippen molar-refractivity contribution in [2.45, 2.75) is 38.2 Å². The molecule has 172 valence electrons. The van der Waals surface area contributed by atoms with Crippen LogP contribution in [0.2, 0.25) is 10.0 Å². The van der Waals surface area contributed by atoms with Gasteiger partial charge in [0.05, 0.1) is 21.7 Å². The summed E-state index contributed by atoms with van der Waals surface area (Å²) in [5, 5.41) is 20.2. The number of carbonyl (C=O) groups excluding carboxylic acids is 1. The lowest BCUT2D eigenvalue weighted by atomic mass is 9.87. The second-order valence-corrected chi connectivity index (χ2v) is 8.46. The molecule has 0 saturated heterocycles. The first kappa shape index (κ1) is 23.0. The van der Waals surface area contributed by atoms with Crippen LogP contribution in [0.1, 0.15) is 41.9 Å². The van der Waals surface area contributed by atoms with Crippen LogP contribution in [0.4, 0.5) is 11.7 Å². The Morgan fingerprint density at radius 3 is 2.61 bits per heavy atom. The molecule has 0 amide bonds. The van der Waals surface area contributed by atoms with Crippen LogP contribution in [0.5, 0.6) is 5.88 Å². The molecule has 9 nitrogen and oxygen atoms in total. The van der Waals surface area contributed by atoms with E-state index in [2.05, 4.69) is 20.5 Å². The third-order valence-electron chi connectivity index (χ3n) is 5.33. The fourth-order valence-corrected chi connectivity index (χ4v) is 3.89. The summed E-state index contributed by atoms with van der Waals surface area (Å²) in [5.41, 5.74) is 1.13. The van der Waals surface area contributed by atoms with Crippen molar-refractivity contribution in [3.8, 4) is 5.88 Å². The number of ketones is 1. The van der Waals surface area contributed by atoms with Gasteiger partial charge in [-0.1, -0.05) is 40.4 Å². The molecule has 33 heavy (non-hydrogen) atoms. The topological polar surface area (TPSA) is 127 Å². The largest absolute Gasteiger partial charge is 0.481 e. The van der Waals surface area contributed by atoms with E-state index in [1.54, 1.807) is 36.5 Å². The summed E-state index contributed by atoms with van der Waals surface area (Å²) in [6, 6.07) is 8.49. The van der Waals surface area contributed by atoms with Gasteiger partial charge in [-0.25, -0.2) is 4.98 Å². The number of anilines is 2. The summed E-state index contributed by atoms with van der Waals surface area (Å²) in [5.74, 6) is -1.12. The first-order chi connectivity index (χ1) is 15.9. The number of aliphatic carboxylic acids is 1. The Balaban J connectivity index is 1.31. The number of Topliss-reactive ketones (excluding diaryl/α,β-unsaturated/α-hetero) is 1. The maximum Gasteiger partial charge on any atom is 0.320 e. The molecule has 4 rings (SSSR count). The minimum atomic E-state index is -0.752. The summed E-state index contributed by atoms with van der Waals surface area (Å²) in [7, 11) is 0. The van der Waals surface area contributed by atoms with Gasteiger partial charge in [-0.3, -0.25) is 9.59 Å². The first-order valence-electron chi connectivity index (χ1n) is 10.3. The van der Waals surface area contributed by atoms with E-state index < -0.39 is 5.97 Å². The Kier molecular flexibility index (Phi) is 7.10. The number of aromatic nitrogens is 3. The van der Waals surface area contributed by atoms with Crippen molar-refractivity contribution < 1.29 is 23.8 Å². The highest BCUT2D eigenvalue weighted by atomic mass is 35.5. The maximum atomic E-state index is 12.5. The molecule has 0 radical (unpaired) electrons. The number of hydrogen-bond acceptors (Lipinski definition) is 8. The predicted molar refractivity (Wildman–Crippen MR) is 120 cm³/mol. The standard InChI is InChI=1S/C22H20Cl2N4O5/c23-15-2-1-3-16(19(15)24)26-22-28-27-20(33-22)17(29)10-12-4-9-18(25-11-12)32-14-7-5-13(6-8-14)21(30)31/h1-4,9,11,13-14H,5-8,10H2,(H,26,28)(H,30,31). The smallest absolute Gasteiger partial charge is 0.320 e. The van der Waals surface area contributed by atoms with E-state index in [9.17, 15) is 9.59 Å². The van der Waals surface area contributed by atoms with Crippen molar-refractivity contribution in [1.82, 2.24) is 15.2 Å². The lowest BCUT2D eigenvalue weighted by Gasteiger charge is -2.26. The van der Waals surface area contributed by atoms with Gasteiger partial charge in [-0.05, 0) is 43.4 Å². The number of benzene rings is 1. The van der Waals surface area contributed by atoms with E-state index >= 15 is 0 Å². The normalized spacial score (nSPS) is 18.0. The SMILES string of the molecule is O=C(Cc1ccc(OC2CCC(C(=O)O)CC2)nc1)c1nnc(Nc2cccc(Cl)c2Cl)o1. The van der Waals surface area contributed by atoms with Crippen molar-refractivity contribution in [3.05, 3.63) is 58.0 Å². The number of hydrogen-bond donors (Lipinski definition) is 2. The number of halogens is 2. The van der Waals surface area contributed by atoms with Gasteiger partial charge in [-0.2, -0.15) is 0 Å². The monoisotopic (exact) mass is 490 g/mol. The zero-order valence-corrected chi connectivity index (χ0v) is 18.8. The minimum absolute atomic E-state index is 0.0157. The van der Waals surface area contributed by atoms with E-state index in [0.717, 1.165) is 0 Å². The molecule has 2 heterocycles. The molecule has 0 unspecified atom stereocenters. The Morgan fingerprint density at radius 2 is 1.91 bits per heavy atom. The van der Waals surface area contributed by atoms with Crippen LogP contribution in [0.15, 0.2) is 40.9 Å². The zero-order chi connectivity index (χ0) is 23.4. The molecule has 0 bridgehead atoms. The highest BCUT2D eigenvalue weighted by molar-refractivity contribution is 6.43. The molecule has 0 spiro atoms. The van der Waals surface area contributed by atoms with Gasteiger partial charge >= 0.3 is 12.0 Å². The van der Waals surface area contributed by atoms with Crippen LogP contribution in [0.25, 0.3) is 0 Å². The molecular weight excluding hydrogens is 471 g/mol. The van der Waals surface area contributed by atoms with Crippen molar-refractivity contribution >= 4 is 46.7 Å². The quantitative estimate of drug-likeness (QED) is 0.420. The molecule has 1 aliphatic rings. The van der Waals surface area contributed by atoms with E-state index in [1.165, 1.54) is 0 Å². The molecule has 1 fully saturated rings. The van der Waals surface area contributed by atoms with Gasteiger partial charge in [-0.15, -0.1) is 5.10 Å². The molecule has 2 aromatic heterocycles. The number of carbonyl (C=O) groups is 2. The number of carboxylic acids is 1. The third-order valence-corrected chi connectivity index (χ3v) is 6.15. The molecule has 2 N–H and O–H groups in total. The molecule has 1 saturated carbocycles. The van der Waals surface area contributed by atoms with Gasteiger partial charge in [0.2, 0.25) is 11.7 Å². The highest BCUT2D eigenvalue weighted by Gasteiger charge is 2.27. The predicted octanol–water partition coefficient (Wildman–Crippen LogP) is 4.96. The second-order valence-electron chi connectivity index (χ2n) is 7.67. The van der Waals surface area contributed by atoms with Crippen LogP contribution in [0, 0.1) is 5.92 Å². The highest BCUT2D eigenvalue weighted by Crippen LogP contribution is 2.31. The maximum absolute atomic E-state index is 12.5. The lowest BCUT2D eigenvalue weighted by molar-refractivity contribution is -0.143. The Labute approximate surface area is 199 Å². The first-order valence-corrected chi connectivity index (χ1v) is 11.1. The summed E-state index contributed by atoms with van der Waals surface area (Å²) in [4.78, 5) is 27.8. The average Bonchev–Trinajstić information content (AvgIpc) is 3.27. The van der Waals surface area contributed by atoms with Gasteiger partial charge < -0.3 is 19.6 Å². The summed E-state index contributed by atoms with van der Waals surface area (Å²) in [6.45, 7) is 0. The molecule has 0 aliphatic heterocycles. The van der Waals surface area contributed by atoms with Gasteiger partial charge in [0, 0.05) is 18.7 Å². The van der Waals surface area contributed by atoms with E-state index in [4.69, 9.17) is 37.5 Å². The average molecular weight is 491 g/mol. The Hall–Kier alpha value is -3.17. The van der Waals surface area contributed by atoms with Gasteiger partial charge in [0.1, 0.15) is 6.10 Å². The Bertz CT molecular complexity index is 1140. The number of carboxylic acid groups (broad SMARTS) is 1. The molecular formula is C22H20Cl2N4O5. The van der Waals surface area contributed by atoms with Crippen molar-refractivity contribution in [2.75, 3.05) is 5.32 Å². The van der Waals surface area contributed by atoms with E-state index in [0.29, 0.717) is 52.9 Å². The number of rotatable bonds is 8. The van der Waals surface area contributed by atoms with Gasteiger partial charge in [0.15, 0.2) is 0 Å². The van der Waals surface area contributed by atoms with Crippen LogP contribution in [-0.4, -0.2) is 38.1 Å². The number of nitrogens with one attached hydrogen (secondary N) is 1. The Morgan fingerprint density at radius 1 is 1.12 bits per heavy atom. The third kappa shape index (κ3) is 5.80. The van der Waals surface area contributed by atoms with Crippen LogP contribution in [-0.2, 0) is 11.2 Å². The number of ether oxygens (including phenoxy) is 1. The van der Waals surface area contributed by atoms with Crippen LogP contribution < -0.4 is 10.1 Å². The fourth-order valence-electron chi connectivity index (χ4n) is 3.55. The minimum Gasteiger partial charge on any atom is -0.481 e. The van der Waals surface area contributed by atoms with E-state index in [-0.39, 0.29) is 36.1 Å². The number of pyridine rings is 1. The molecule has 1 aliphatic carbocycles. The van der Waals surface area contributed by atoms with E-state index in [1.807, 2.05) is 0 Å². The second kappa shape index (κ2) is 10.2. The summed E-state index contributed by atoms with van der Waals surface area (Å²) < 4.78 is 11.2. The van der Waals surface area contributed by atoms with Crippen molar-refractivity contribution in [2.24, 2.45) is 5.92 Å². The van der Waals surface area contributed by atoms with Crippen molar-refractivity contribution in [1.29, 1.82) is 0 Å². The number of nitrogens with zero attached hydrogens (tertiary/aromatic N) is 3. The fraction of sp³-hybridized carbons (Fsp3) is 0.318. The molecule has 1 aromatic carbocycles. The van der Waals surface area contributed by atoms with Crippen molar-refractivity contribution in [3.63, 3.8) is 0 Å². The zero-order valence-electron chi connectivity index (χ0n) is 17.3. The molecule has 3 aromatic rings. The summed E-state index contributed by atoms with van der Waals surface area (Å²) in [6.07, 6.45) is 4.06. The van der Waals surface area contributed by atoms with Crippen LogP contribution >= 0.6 is 23.2 Å². The molecule has 0 atom stereocenters. The molecule has 11 heteroatoms. The summed E-state index contributed by atoms with van der Waals surface area (Å²) >= 11 is 12.1. The lowest BCUT2D eigenvalue weighted by Crippen LogP contribution is -2.28. The van der Waals surface area contributed by atoms with Gasteiger partial charge in [0.25, 0.3) is 5.89 Å². The van der Waals surface area contributed by atoms with Crippen LogP contribution in [0.3, 0.4) is 0 Å².